The molecule has 2 aromatic rings. The summed E-state index contributed by atoms with van der Waals surface area (Å²) in [5.41, 5.74) is 5.26. The minimum absolute atomic E-state index is 0.0261. The van der Waals surface area contributed by atoms with Crippen molar-refractivity contribution in [2.75, 3.05) is 47.1 Å². The molecule has 1 amide bonds. The Balaban J connectivity index is 1.41. The average Bonchev–Trinajstić information content (AvgIpc) is 3.53. The molecule has 0 aliphatic carbocycles. The number of methoxy groups -OCH3 is 2. The van der Waals surface area contributed by atoms with Gasteiger partial charge in [0.25, 0.3) is 5.91 Å². The van der Waals surface area contributed by atoms with E-state index in [0.29, 0.717) is 37.7 Å². The Hall–Kier alpha value is -2.94. The molecule has 0 saturated carbocycles. The highest BCUT2D eigenvalue weighted by molar-refractivity contribution is 6.04. The largest absolute Gasteiger partial charge is 0.497 e. The maximum absolute atomic E-state index is 13.7. The van der Waals surface area contributed by atoms with Crippen molar-refractivity contribution in [2.24, 2.45) is 5.10 Å². The predicted octanol–water partition coefficient (Wildman–Crippen LogP) is 3.84. The maximum atomic E-state index is 13.7. The Kier molecular flexibility index (Phi) is 7.01. The summed E-state index contributed by atoms with van der Waals surface area (Å²) < 4.78 is 22.8. The number of carbonyl (C=O) groups excluding carboxylic acids is 1. The van der Waals surface area contributed by atoms with Crippen molar-refractivity contribution >= 4 is 11.6 Å². The number of likely N-dealkylation sites (tertiary alicyclic amines) is 1. The molecule has 0 N–H and O–H groups in total. The van der Waals surface area contributed by atoms with Crippen molar-refractivity contribution in [1.29, 1.82) is 0 Å². The fourth-order valence-electron chi connectivity index (χ4n) is 5.48. The number of benzene rings is 2. The summed E-state index contributed by atoms with van der Waals surface area (Å²) in [6.45, 7) is 7.28. The number of nitrogens with zero attached hydrogens (tertiary/aromatic N) is 3. The third-order valence-electron chi connectivity index (χ3n) is 7.45. The Labute approximate surface area is 212 Å². The van der Waals surface area contributed by atoms with E-state index in [1.165, 1.54) is 5.56 Å². The number of amides is 1. The first-order chi connectivity index (χ1) is 17.4. The van der Waals surface area contributed by atoms with Gasteiger partial charge in [-0.2, -0.15) is 5.10 Å². The van der Waals surface area contributed by atoms with Crippen LogP contribution in [0.4, 0.5) is 0 Å². The van der Waals surface area contributed by atoms with E-state index in [2.05, 4.69) is 36.9 Å². The molecule has 36 heavy (non-hydrogen) atoms. The van der Waals surface area contributed by atoms with Gasteiger partial charge in [0, 0.05) is 49.5 Å². The van der Waals surface area contributed by atoms with Crippen LogP contribution < -0.4 is 9.47 Å². The highest BCUT2D eigenvalue weighted by atomic mass is 16.7. The molecule has 2 aromatic carbocycles. The van der Waals surface area contributed by atoms with Crippen LogP contribution in [0, 0.1) is 13.8 Å². The van der Waals surface area contributed by atoms with Crippen LogP contribution in [0.1, 0.15) is 47.6 Å². The van der Waals surface area contributed by atoms with E-state index in [9.17, 15) is 4.79 Å². The predicted molar refractivity (Wildman–Crippen MR) is 137 cm³/mol. The number of rotatable bonds is 6. The van der Waals surface area contributed by atoms with Crippen LogP contribution in [-0.2, 0) is 14.3 Å². The van der Waals surface area contributed by atoms with Crippen LogP contribution in [0.15, 0.2) is 41.5 Å². The molecular formula is C28H35N3O5. The van der Waals surface area contributed by atoms with E-state index in [1.807, 2.05) is 18.2 Å². The van der Waals surface area contributed by atoms with Crippen molar-refractivity contribution in [3.63, 3.8) is 0 Å². The Morgan fingerprint density at radius 3 is 2.47 bits per heavy atom. The third-order valence-corrected chi connectivity index (χ3v) is 7.45. The SMILES string of the molecule is COc1ccc(C2CC(c3ccc(C)cc3C)=NN2C(=O)CN2CCC3(CC2)OCCO3)c(OC)c1. The van der Waals surface area contributed by atoms with Crippen LogP contribution >= 0.6 is 0 Å². The summed E-state index contributed by atoms with van der Waals surface area (Å²) in [6, 6.07) is 11.8. The summed E-state index contributed by atoms with van der Waals surface area (Å²) in [4.78, 5) is 15.9. The van der Waals surface area contributed by atoms with Crippen molar-refractivity contribution in [3.8, 4) is 11.5 Å². The summed E-state index contributed by atoms with van der Waals surface area (Å²) in [5, 5.41) is 6.56. The molecule has 2 fully saturated rings. The van der Waals surface area contributed by atoms with E-state index in [-0.39, 0.29) is 11.9 Å². The normalized spacial score (nSPS) is 21.6. The fraction of sp³-hybridized carbons (Fsp3) is 0.500. The molecule has 1 unspecified atom stereocenters. The third kappa shape index (κ3) is 4.85. The highest BCUT2D eigenvalue weighted by Crippen LogP contribution is 2.40. The number of aryl methyl sites for hydroxylation is 2. The molecule has 1 spiro atoms. The van der Waals surface area contributed by atoms with Crippen LogP contribution in [0.2, 0.25) is 0 Å². The van der Waals surface area contributed by atoms with E-state index in [1.54, 1.807) is 19.2 Å². The summed E-state index contributed by atoms with van der Waals surface area (Å²) in [6.07, 6.45) is 2.16. The lowest BCUT2D eigenvalue weighted by Crippen LogP contribution is -2.48. The molecule has 3 aliphatic heterocycles. The van der Waals surface area contributed by atoms with Crippen molar-refractivity contribution < 1.29 is 23.7 Å². The molecule has 3 aliphatic rings. The standard InChI is InChI=1S/C28H35N3O5/c1-19-5-7-22(20(2)15-19)24-17-25(23-8-6-21(33-3)16-26(23)34-4)31(29-24)27(32)18-30-11-9-28(10-12-30)35-13-14-36-28/h5-8,15-16,25H,9-14,17-18H2,1-4H3. The first kappa shape index (κ1) is 24.7. The first-order valence-electron chi connectivity index (χ1n) is 12.6. The van der Waals surface area contributed by atoms with Gasteiger partial charge in [-0.25, -0.2) is 5.01 Å². The Bertz CT molecular complexity index is 1150. The topological polar surface area (TPSA) is 72.8 Å². The van der Waals surface area contributed by atoms with Gasteiger partial charge in [-0.3, -0.25) is 9.69 Å². The second-order valence-electron chi connectivity index (χ2n) is 9.81. The average molecular weight is 494 g/mol. The summed E-state index contributed by atoms with van der Waals surface area (Å²) in [7, 11) is 3.27. The van der Waals surface area contributed by atoms with E-state index < -0.39 is 5.79 Å². The molecule has 0 radical (unpaired) electrons. The lowest BCUT2D eigenvalue weighted by Gasteiger charge is -2.37. The smallest absolute Gasteiger partial charge is 0.257 e. The van der Waals surface area contributed by atoms with Crippen LogP contribution in [0.5, 0.6) is 11.5 Å². The van der Waals surface area contributed by atoms with Gasteiger partial charge in [0.15, 0.2) is 5.79 Å². The minimum Gasteiger partial charge on any atom is -0.497 e. The molecular weight excluding hydrogens is 458 g/mol. The van der Waals surface area contributed by atoms with E-state index in [4.69, 9.17) is 24.0 Å². The van der Waals surface area contributed by atoms with Crippen LogP contribution in [-0.4, -0.2) is 74.4 Å². The molecule has 5 rings (SSSR count). The van der Waals surface area contributed by atoms with Crippen molar-refractivity contribution in [1.82, 2.24) is 9.91 Å². The molecule has 8 nitrogen and oxygen atoms in total. The molecule has 0 aromatic heterocycles. The number of hydrogen-bond acceptors (Lipinski definition) is 7. The minimum atomic E-state index is -0.458. The van der Waals surface area contributed by atoms with Gasteiger partial charge in [0.1, 0.15) is 11.5 Å². The van der Waals surface area contributed by atoms with Crippen LogP contribution in [0.25, 0.3) is 0 Å². The monoisotopic (exact) mass is 493 g/mol. The summed E-state index contributed by atoms with van der Waals surface area (Å²) in [5.74, 6) is 0.910. The number of piperidine rings is 1. The van der Waals surface area contributed by atoms with Gasteiger partial charge in [-0.1, -0.05) is 23.8 Å². The van der Waals surface area contributed by atoms with Gasteiger partial charge >= 0.3 is 0 Å². The second kappa shape index (κ2) is 10.2. The van der Waals surface area contributed by atoms with Gasteiger partial charge < -0.3 is 18.9 Å². The Morgan fingerprint density at radius 1 is 1.06 bits per heavy atom. The Morgan fingerprint density at radius 2 is 1.81 bits per heavy atom. The molecule has 0 bridgehead atoms. The molecule has 1 atom stereocenters. The van der Waals surface area contributed by atoms with Crippen molar-refractivity contribution in [2.45, 2.75) is 44.9 Å². The lowest BCUT2D eigenvalue weighted by molar-refractivity contribution is -0.186. The fourth-order valence-corrected chi connectivity index (χ4v) is 5.48. The number of hydrazone groups is 1. The highest BCUT2D eigenvalue weighted by Gasteiger charge is 2.41. The summed E-state index contributed by atoms with van der Waals surface area (Å²) >= 11 is 0. The van der Waals surface area contributed by atoms with E-state index >= 15 is 0 Å². The quantitative estimate of drug-likeness (QED) is 0.609. The zero-order valence-electron chi connectivity index (χ0n) is 21.6. The zero-order chi connectivity index (χ0) is 25.3. The molecule has 192 valence electrons. The van der Waals surface area contributed by atoms with Gasteiger partial charge in [-0.15, -0.1) is 0 Å². The molecule has 8 heteroatoms. The van der Waals surface area contributed by atoms with Gasteiger partial charge in [0.05, 0.1) is 45.7 Å². The number of ether oxygens (including phenoxy) is 4. The van der Waals surface area contributed by atoms with E-state index in [0.717, 1.165) is 48.3 Å². The second-order valence-corrected chi connectivity index (χ2v) is 9.81. The number of hydrogen-bond donors (Lipinski definition) is 0. The van der Waals surface area contributed by atoms with Crippen LogP contribution in [0.3, 0.4) is 0 Å². The molecule has 3 heterocycles. The van der Waals surface area contributed by atoms with Crippen molar-refractivity contribution in [3.05, 3.63) is 58.7 Å². The number of carbonyl (C=O) groups is 1. The van der Waals surface area contributed by atoms with Gasteiger partial charge in [0.2, 0.25) is 0 Å². The first-order valence-corrected chi connectivity index (χ1v) is 12.6. The maximum Gasteiger partial charge on any atom is 0.257 e. The lowest BCUT2D eigenvalue weighted by atomic mass is 9.94. The zero-order valence-corrected chi connectivity index (χ0v) is 21.6. The molecule has 2 saturated heterocycles. The van der Waals surface area contributed by atoms with Gasteiger partial charge in [-0.05, 0) is 31.5 Å².